The zero-order valence-corrected chi connectivity index (χ0v) is 10.4. The fourth-order valence-electron chi connectivity index (χ4n) is 1.50. The van der Waals surface area contributed by atoms with Gasteiger partial charge in [0.15, 0.2) is 0 Å². The average molecular weight is 223 g/mol. The summed E-state index contributed by atoms with van der Waals surface area (Å²) < 4.78 is 5.76. The number of phenolic OH excluding ortho intramolecular Hbond substituents is 1. The second-order valence-electron chi connectivity index (χ2n) is 4.50. The first-order valence-corrected chi connectivity index (χ1v) is 5.66. The molecular weight excluding hydrogens is 202 g/mol. The number of aromatic hydroxyl groups is 1. The van der Waals surface area contributed by atoms with Crippen LogP contribution in [-0.4, -0.2) is 17.8 Å². The van der Waals surface area contributed by atoms with Crippen LogP contribution in [0.1, 0.15) is 37.8 Å². The summed E-state index contributed by atoms with van der Waals surface area (Å²) in [6.45, 7) is 8.43. The Morgan fingerprint density at radius 3 is 2.44 bits per heavy atom. The van der Waals surface area contributed by atoms with Gasteiger partial charge in [-0.1, -0.05) is 13.8 Å². The van der Waals surface area contributed by atoms with Gasteiger partial charge in [-0.2, -0.15) is 0 Å². The van der Waals surface area contributed by atoms with Crippen LogP contribution >= 0.6 is 0 Å². The smallest absolute Gasteiger partial charge is 0.123 e. The summed E-state index contributed by atoms with van der Waals surface area (Å²) in [7, 11) is 0. The van der Waals surface area contributed by atoms with Gasteiger partial charge in [-0.15, -0.1) is 0 Å². The lowest BCUT2D eigenvalue weighted by Gasteiger charge is -2.19. The molecule has 0 aliphatic carbocycles. The van der Waals surface area contributed by atoms with Crippen LogP contribution in [-0.2, 0) is 0 Å². The molecule has 1 aromatic carbocycles. The van der Waals surface area contributed by atoms with Gasteiger partial charge in [0, 0.05) is 12.1 Å². The van der Waals surface area contributed by atoms with Gasteiger partial charge in [0.05, 0.1) is 0 Å². The van der Waals surface area contributed by atoms with Crippen molar-refractivity contribution in [3.05, 3.63) is 23.3 Å². The summed E-state index contributed by atoms with van der Waals surface area (Å²) in [6.07, 6.45) is -0.0126. The SMILES string of the molecule is Cc1cc(OC(C)CN)c(C(C)C)cc1O. The molecule has 0 aromatic heterocycles. The molecule has 0 bridgehead atoms. The topological polar surface area (TPSA) is 55.5 Å². The second-order valence-corrected chi connectivity index (χ2v) is 4.50. The zero-order chi connectivity index (χ0) is 12.3. The molecule has 0 radical (unpaired) electrons. The van der Waals surface area contributed by atoms with E-state index in [1.807, 2.05) is 19.9 Å². The molecule has 90 valence electrons. The highest BCUT2D eigenvalue weighted by Gasteiger charge is 2.13. The number of ether oxygens (including phenoxy) is 1. The molecule has 0 saturated heterocycles. The van der Waals surface area contributed by atoms with Crippen LogP contribution in [0.4, 0.5) is 0 Å². The Morgan fingerprint density at radius 1 is 1.31 bits per heavy atom. The van der Waals surface area contributed by atoms with E-state index in [2.05, 4.69) is 13.8 Å². The highest BCUT2D eigenvalue weighted by atomic mass is 16.5. The number of benzene rings is 1. The Morgan fingerprint density at radius 2 is 1.94 bits per heavy atom. The second kappa shape index (κ2) is 5.21. The van der Waals surface area contributed by atoms with Crippen molar-refractivity contribution in [2.45, 2.75) is 39.7 Å². The first kappa shape index (κ1) is 12.8. The van der Waals surface area contributed by atoms with Gasteiger partial charge in [-0.25, -0.2) is 0 Å². The molecule has 0 fully saturated rings. The Hall–Kier alpha value is -1.22. The van der Waals surface area contributed by atoms with E-state index < -0.39 is 0 Å². The molecule has 1 unspecified atom stereocenters. The fourth-order valence-corrected chi connectivity index (χ4v) is 1.50. The summed E-state index contributed by atoms with van der Waals surface area (Å²) >= 11 is 0. The minimum absolute atomic E-state index is 0.0126. The van der Waals surface area contributed by atoms with Gasteiger partial charge in [-0.3, -0.25) is 0 Å². The largest absolute Gasteiger partial charge is 0.508 e. The van der Waals surface area contributed by atoms with Crippen molar-refractivity contribution >= 4 is 0 Å². The van der Waals surface area contributed by atoms with Gasteiger partial charge in [0.1, 0.15) is 17.6 Å². The zero-order valence-electron chi connectivity index (χ0n) is 10.4. The predicted molar refractivity (Wildman–Crippen MR) is 66.1 cm³/mol. The monoisotopic (exact) mass is 223 g/mol. The predicted octanol–water partition coefficient (Wildman–Crippen LogP) is 2.55. The minimum Gasteiger partial charge on any atom is -0.508 e. The van der Waals surface area contributed by atoms with Gasteiger partial charge >= 0.3 is 0 Å². The van der Waals surface area contributed by atoms with Crippen LogP contribution in [0.3, 0.4) is 0 Å². The lowest BCUT2D eigenvalue weighted by Crippen LogP contribution is -2.23. The molecule has 3 N–H and O–H groups in total. The lowest BCUT2D eigenvalue weighted by atomic mass is 10.00. The normalized spacial score (nSPS) is 12.9. The van der Waals surface area contributed by atoms with Crippen molar-refractivity contribution in [1.29, 1.82) is 0 Å². The summed E-state index contributed by atoms with van der Waals surface area (Å²) in [5.41, 5.74) is 7.38. The molecule has 0 spiro atoms. The molecule has 0 saturated carbocycles. The van der Waals surface area contributed by atoms with Gasteiger partial charge in [-0.05, 0) is 37.5 Å². The Labute approximate surface area is 97.2 Å². The third-order valence-electron chi connectivity index (χ3n) is 2.61. The fraction of sp³-hybridized carbons (Fsp3) is 0.538. The molecule has 16 heavy (non-hydrogen) atoms. The molecule has 3 nitrogen and oxygen atoms in total. The van der Waals surface area contributed by atoms with Crippen LogP contribution in [0.2, 0.25) is 0 Å². The Balaban J connectivity index is 3.09. The first-order chi connectivity index (χ1) is 7.45. The average Bonchev–Trinajstić information content (AvgIpc) is 2.22. The number of hydrogen-bond donors (Lipinski definition) is 2. The minimum atomic E-state index is -0.0126. The van der Waals surface area contributed by atoms with Crippen molar-refractivity contribution in [1.82, 2.24) is 0 Å². The number of hydrogen-bond acceptors (Lipinski definition) is 3. The number of aryl methyl sites for hydroxylation is 1. The summed E-state index contributed by atoms with van der Waals surface area (Å²) in [6, 6.07) is 3.65. The van der Waals surface area contributed by atoms with Crippen LogP contribution in [0.25, 0.3) is 0 Å². The van der Waals surface area contributed by atoms with E-state index in [4.69, 9.17) is 10.5 Å². The maximum absolute atomic E-state index is 9.68. The molecule has 0 heterocycles. The highest BCUT2D eigenvalue weighted by Crippen LogP contribution is 2.33. The van der Waals surface area contributed by atoms with Crippen molar-refractivity contribution in [3.63, 3.8) is 0 Å². The van der Waals surface area contributed by atoms with Crippen molar-refractivity contribution < 1.29 is 9.84 Å². The van der Waals surface area contributed by atoms with Crippen LogP contribution in [0, 0.1) is 6.92 Å². The number of nitrogens with two attached hydrogens (primary N) is 1. The van der Waals surface area contributed by atoms with Gasteiger partial charge < -0.3 is 15.6 Å². The molecule has 0 aliphatic rings. The van der Waals surface area contributed by atoms with E-state index in [-0.39, 0.29) is 6.10 Å². The van der Waals surface area contributed by atoms with E-state index in [0.29, 0.717) is 18.2 Å². The molecule has 1 atom stereocenters. The summed E-state index contributed by atoms with van der Waals surface area (Å²) in [5.74, 6) is 1.45. The number of phenols is 1. The summed E-state index contributed by atoms with van der Waals surface area (Å²) in [4.78, 5) is 0. The Kier molecular flexibility index (Phi) is 4.19. The quantitative estimate of drug-likeness (QED) is 0.824. The maximum atomic E-state index is 9.68. The van der Waals surface area contributed by atoms with E-state index in [0.717, 1.165) is 16.9 Å². The van der Waals surface area contributed by atoms with Crippen molar-refractivity contribution in [2.24, 2.45) is 5.73 Å². The molecule has 1 aromatic rings. The summed E-state index contributed by atoms with van der Waals surface area (Å²) in [5, 5.41) is 9.68. The maximum Gasteiger partial charge on any atom is 0.123 e. The highest BCUT2D eigenvalue weighted by molar-refractivity contribution is 5.46. The van der Waals surface area contributed by atoms with Crippen LogP contribution in [0.15, 0.2) is 12.1 Å². The number of rotatable bonds is 4. The van der Waals surface area contributed by atoms with E-state index in [1.165, 1.54) is 0 Å². The standard InChI is InChI=1S/C13H21NO2/c1-8(2)11-6-12(15)9(3)5-13(11)16-10(4)7-14/h5-6,8,10,15H,7,14H2,1-4H3. The van der Waals surface area contributed by atoms with Gasteiger partial charge in [0.2, 0.25) is 0 Å². The molecule has 3 heteroatoms. The van der Waals surface area contributed by atoms with Crippen LogP contribution < -0.4 is 10.5 Å². The van der Waals surface area contributed by atoms with Crippen molar-refractivity contribution in [2.75, 3.05) is 6.54 Å². The molecular formula is C13H21NO2. The Bertz CT molecular complexity index is 361. The van der Waals surface area contributed by atoms with Gasteiger partial charge in [0.25, 0.3) is 0 Å². The first-order valence-electron chi connectivity index (χ1n) is 5.66. The van der Waals surface area contributed by atoms with Crippen molar-refractivity contribution in [3.8, 4) is 11.5 Å². The van der Waals surface area contributed by atoms with E-state index in [9.17, 15) is 5.11 Å². The molecule has 0 aliphatic heterocycles. The molecule has 0 amide bonds. The van der Waals surface area contributed by atoms with E-state index in [1.54, 1.807) is 6.07 Å². The third kappa shape index (κ3) is 2.89. The van der Waals surface area contributed by atoms with Crippen LogP contribution in [0.5, 0.6) is 11.5 Å². The molecule has 1 rings (SSSR count). The third-order valence-corrected chi connectivity index (χ3v) is 2.61. The van der Waals surface area contributed by atoms with E-state index >= 15 is 0 Å². The lowest BCUT2D eigenvalue weighted by molar-refractivity contribution is 0.226.